The largest absolute Gasteiger partial charge is 0.345 e. The smallest absolute Gasteiger partial charge is 0.262 e. The maximum absolute atomic E-state index is 13.0. The molecule has 2 N–H and O–H groups in total. The minimum atomic E-state index is -0.404. The molecule has 7 nitrogen and oxygen atoms in total. The fourth-order valence-electron chi connectivity index (χ4n) is 4.43. The van der Waals surface area contributed by atoms with Crippen molar-refractivity contribution in [2.75, 3.05) is 11.9 Å². The van der Waals surface area contributed by atoms with Crippen LogP contribution in [-0.4, -0.2) is 27.9 Å². The molecule has 8 heteroatoms. The van der Waals surface area contributed by atoms with Crippen molar-refractivity contribution in [2.45, 2.75) is 53.5 Å². The van der Waals surface area contributed by atoms with Gasteiger partial charge in [-0.1, -0.05) is 24.6 Å². The summed E-state index contributed by atoms with van der Waals surface area (Å²) in [5.41, 5.74) is 4.75. The summed E-state index contributed by atoms with van der Waals surface area (Å²) in [4.78, 5) is 44.2. The zero-order chi connectivity index (χ0) is 23.0. The summed E-state index contributed by atoms with van der Waals surface area (Å²) in [6.45, 7) is 7.77. The number of rotatable bonds is 5. The van der Waals surface area contributed by atoms with Gasteiger partial charge in [-0.25, -0.2) is 4.98 Å². The first-order valence-corrected chi connectivity index (χ1v) is 11.7. The average Bonchev–Trinajstić information content (AvgIpc) is 3.09. The molecule has 0 bridgehead atoms. The Labute approximate surface area is 190 Å². The molecular formula is C24H28N4O3S. The SMILES string of the molecule is Cc1cc(C)c(NC(=O)CNC(=O)Cn2cnc3sc4c(c3c2=O)CCC(C)C4)c(C)c1. The van der Waals surface area contributed by atoms with Crippen molar-refractivity contribution in [3.05, 3.63) is 55.9 Å². The summed E-state index contributed by atoms with van der Waals surface area (Å²) in [5, 5.41) is 6.11. The van der Waals surface area contributed by atoms with E-state index >= 15 is 0 Å². The Hall–Kier alpha value is -3.00. The first-order chi connectivity index (χ1) is 15.2. The highest BCUT2D eigenvalue weighted by Gasteiger charge is 2.23. The van der Waals surface area contributed by atoms with Crippen molar-refractivity contribution in [3.63, 3.8) is 0 Å². The average molecular weight is 453 g/mol. The van der Waals surface area contributed by atoms with Crippen LogP contribution in [0.25, 0.3) is 10.2 Å². The molecular weight excluding hydrogens is 424 g/mol. The van der Waals surface area contributed by atoms with Crippen LogP contribution < -0.4 is 16.2 Å². The highest BCUT2D eigenvalue weighted by Crippen LogP contribution is 2.35. The van der Waals surface area contributed by atoms with Gasteiger partial charge >= 0.3 is 0 Å². The van der Waals surface area contributed by atoms with Crippen molar-refractivity contribution in [2.24, 2.45) is 5.92 Å². The van der Waals surface area contributed by atoms with Crippen LogP contribution in [0.5, 0.6) is 0 Å². The number of nitrogens with one attached hydrogen (secondary N) is 2. The Morgan fingerprint density at radius 1 is 1.19 bits per heavy atom. The van der Waals surface area contributed by atoms with Gasteiger partial charge in [0.15, 0.2) is 0 Å². The number of thiophene rings is 1. The summed E-state index contributed by atoms with van der Waals surface area (Å²) in [6.07, 6.45) is 4.34. The summed E-state index contributed by atoms with van der Waals surface area (Å²) in [5.74, 6) is -0.101. The molecule has 32 heavy (non-hydrogen) atoms. The lowest BCUT2D eigenvalue weighted by molar-refractivity contribution is -0.124. The van der Waals surface area contributed by atoms with Crippen LogP contribution >= 0.6 is 11.3 Å². The third kappa shape index (κ3) is 4.46. The maximum atomic E-state index is 13.0. The number of carbonyl (C=O) groups excluding carboxylic acids is 2. The third-order valence-electron chi connectivity index (χ3n) is 5.98. The highest BCUT2D eigenvalue weighted by atomic mass is 32.1. The van der Waals surface area contributed by atoms with Gasteiger partial charge in [0.25, 0.3) is 5.56 Å². The Bertz CT molecular complexity index is 1250. The van der Waals surface area contributed by atoms with E-state index in [2.05, 4.69) is 22.5 Å². The summed E-state index contributed by atoms with van der Waals surface area (Å²) in [7, 11) is 0. The molecule has 0 aliphatic heterocycles. The second-order valence-electron chi connectivity index (χ2n) is 8.81. The van der Waals surface area contributed by atoms with Gasteiger partial charge in [-0.15, -0.1) is 11.3 Å². The first kappa shape index (κ1) is 22.2. The van der Waals surface area contributed by atoms with Gasteiger partial charge in [-0.2, -0.15) is 0 Å². The van der Waals surface area contributed by atoms with Crippen LogP contribution in [0.1, 0.15) is 40.5 Å². The monoisotopic (exact) mass is 452 g/mol. The minimum absolute atomic E-state index is 0.165. The molecule has 0 radical (unpaired) electrons. The number of benzene rings is 1. The molecule has 0 saturated heterocycles. The maximum Gasteiger partial charge on any atom is 0.262 e. The molecule has 0 fully saturated rings. The minimum Gasteiger partial charge on any atom is -0.345 e. The van der Waals surface area contributed by atoms with E-state index < -0.39 is 5.91 Å². The molecule has 1 aliphatic rings. The number of aryl methyl sites for hydroxylation is 4. The Morgan fingerprint density at radius 3 is 2.62 bits per heavy atom. The third-order valence-corrected chi connectivity index (χ3v) is 7.15. The molecule has 3 aromatic rings. The predicted octanol–water partition coefficient (Wildman–Crippen LogP) is 3.26. The number of anilines is 1. The normalized spacial score (nSPS) is 15.4. The number of hydrogen-bond donors (Lipinski definition) is 2. The molecule has 1 aliphatic carbocycles. The first-order valence-electron chi connectivity index (χ1n) is 10.9. The van der Waals surface area contributed by atoms with Gasteiger partial charge in [0.2, 0.25) is 11.8 Å². The molecule has 1 atom stereocenters. The Morgan fingerprint density at radius 2 is 1.91 bits per heavy atom. The molecule has 2 aromatic heterocycles. The van der Waals surface area contributed by atoms with Gasteiger partial charge in [0.05, 0.1) is 18.3 Å². The van der Waals surface area contributed by atoms with Crippen LogP contribution in [0, 0.1) is 26.7 Å². The number of fused-ring (bicyclic) bond motifs is 3. The zero-order valence-electron chi connectivity index (χ0n) is 18.9. The molecule has 0 saturated carbocycles. The van der Waals surface area contributed by atoms with E-state index in [-0.39, 0.29) is 24.6 Å². The lowest BCUT2D eigenvalue weighted by Crippen LogP contribution is -2.37. The van der Waals surface area contributed by atoms with E-state index in [0.717, 1.165) is 52.0 Å². The molecule has 2 amide bonds. The van der Waals surface area contributed by atoms with E-state index in [1.807, 2.05) is 32.9 Å². The van der Waals surface area contributed by atoms with E-state index in [9.17, 15) is 14.4 Å². The quantitative estimate of drug-likeness (QED) is 0.621. The van der Waals surface area contributed by atoms with Gasteiger partial charge < -0.3 is 10.6 Å². The molecule has 1 unspecified atom stereocenters. The molecule has 0 spiro atoms. The summed E-state index contributed by atoms with van der Waals surface area (Å²) < 4.78 is 1.33. The second kappa shape index (κ2) is 8.86. The molecule has 168 valence electrons. The van der Waals surface area contributed by atoms with E-state index in [0.29, 0.717) is 11.3 Å². The van der Waals surface area contributed by atoms with E-state index in [1.165, 1.54) is 15.8 Å². The number of hydrogen-bond acceptors (Lipinski definition) is 5. The summed E-state index contributed by atoms with van der Waals surface area (Å²) >= 11 is 1.59. The Balaban J connectivity index is 1.42. The van der Waals surface area contributed by atoms with Crippen molar-refractivity contribution in [3.8, 4) is 0 Å². The number of nitrogens with zero attached hydrogens (tertiary/aromatic N) is 2. The standard InChI is InChI=1S/C24H28N4O3S/c1-13-5-6-17-18(9-13)32-23-21(17)24(31)28(12-26-23)11-20(30)25-10-19(29)27-22-15(3)7-14(2)8-16(22)4/h7-8,12-13H,5-6,9-11H2,1-4H3,(H,25,30)(H,27,29). The number of carbonyl (C=O) groups is 2. The highest BCUT2D eigenvalue weighted by molar-refractivity contribution is 7.18. The van der Waals surface area contributed by atoms with Crippen LogP contribution in [-0.2, 0) is 29.0 Å². The Kier molecular flexibility index (Phi) is 6.15. The van der Waals surface area contributed by atoms with Gasteiger partial charge in [0.1, 0.15) is 11.4 Å². The van der Waals surface area contributed by atoms with Gasteiger partial charge in [-0.3, -0.25) is 19.0 Å². The van der Waals surface area contributed by atoms with E-state index in [4.69, 9.17) is 0 Å². The van der Waals surface area contributed by atoms with Crippen molar-refractivity contribution < 1.29 is 9.59 Å². The molecule has 2 heterocycles. The number of amides is 2. The molecule has 1 aromatic carbocycles. The predicted molar refractivity (Wildman–Crippen MR) is 127 cm³/mol. The number of aromatic nitrogens is 2. The lowest BCUT2D eigenvalue weighted by Gasteiger charge is -2.17. The van der Waals surface area contributed by atoms with Gasteiger partial charge in [0, 0.05) is 10.6 Å². The van der Waals surface area contributed by atoms with Crippen molar-refractivity contribution in [1.29, 1.82) is 0 Å². The van der Waals surface area contributed by atoms with Crippen molar-refractivity contribution in [1.82, 2.24) is 14.9 Å². The summed E-state index contributed by atoms with van der Waals surface area (Å²) in [6, 6.07) is 4.00. The van der Waals surface area contributed by atoms with Crippen LogP contribution in [0.3, 0.4) is 0 Å². The fourth-order valence-corrected chi connectivity index (χ4v) is 5.77. The van der Waals surface area contributed by atoms with Crippen molar-refractivity contribution >= 4 is 39.1 Å². The molecule has 4 rings (SSSR count). The van der Waals surface area contributed by atoms with Gasteiger partial charge in [-0.05, 0) is 62.6 Å². The van der Waals surface area contributed by atoms with Crippen LogP contribution in [0.4, 0.5) is 5.69 Å². The van der Waals surface area contributed by atoms with E-state index in [1.54, 1.807) is 11.3 Å². The van der Waals surface area contributed by atoms with Crippen LogP contribution in [0.2, 0.25) is 0 Å². The fraction of sp³-hybridized carbons (Fsp3) is 0.417. The zero-order valence-corrected chi connectivity index (χ0v) is 19.7. The lowest BCUT2D eigenvalue weighted by atomic mass is 9.89. The van der Waals surface area contributed by atoms with Crippen LogP contribution in [0.15, 0.2) is 23.3 Å². The second-order valence-corrected chi connectivity index (χ2v) is 9.89. The topological polar surface area (TPSA) is 93.1 Å².